The second-order valence-corrected chi connectivity index (χ2v) is 8.14. The van der Waals surface area contributed by atoms with Gasteiger partial charge in [-0.05, 0) is 59.2 Å². The third kappa shape index (κ3) is 3.16. The number of rotatable bonds is 1. The molecule has 4 heterocycles. The highest BCUT2D eigenvalue weighted by Gasteiger charge is 2.39. The Hall–Kier alpha value is -1.20. The van der Waals surface area contributed by atoms with Crippen molar-refractivity contribution >= 4 is 5.82 Å². The van der Waals surface area contributed by atoms with E-state index in [1.165, 1.54) is 62.4 Å². The number of nitrogens with one attached hydrogen (secondary N) is 1. The third-order valence-corrected chi connectivity index (χ3v) is 6.09. The molecule has 3 aliphatic rings. The van der Waals surface area contributed by atoms with Crippen LogP contribution < -0.4 is 10.2 Å². The molecule has 1 aromatic heterocycles. The number of nitrogens with zero attached hydrogens (tertiary/aromatic N) is 4. The molecule has 0 aliphatic carbocycles. The normalized spacial score (nSPS) is 28.7. The zero-order valence-corrected chi connectivity index (χ0v) is 15.3. The Kier molecular flexibility index (Phi) is 4.48. The maximum Gasteiger partial charge on any atom is 0.135 e. The summed E-state index contributed by atoms with van der Waals surface area (Å²) in [5, 5.41) is 3.51. The highest BCUT2D eigenvalue weighted by molar-refractivity contribution is 5.51. The van der Waals surface area contributed by atoms with E-state index in [1.807, 2.05) is 0 Å². The minimum atomic E-state index is 0.472. The van der Waals surface area contributed by atoms with Gasteiger partial charge < -0.3 is 15.1 Å². The average molecular weight is 329 g/mol. The van der Waals surface area contributed by atoms with Gasteiger partial charge in [-0.2, -0.15) is 0 Å². The second kappa shape index (κ2) is 6.60. The molecule has 1 unspecified atom stereocenters. The molecular weight excluding hydrogens is 298 g/mol. The first-order valence-corrected chi connectivity index (χ1v) is 9.66. The number of anilines is 1. The van der Waals surface area contributed by atoms with Crippen molar-refractivity contribution in [3.8, 4) is 0 Å². The molecule has 1 atom stereocenters. The van der Waals surface area contributed by atoms with Gasteiger partial charge in [-0.3, -0.25) is 0 Å². The lowest BCUT2D eigenvalue weighted by molar-refractivity contribution is 0.0907. The Morgan fingerprint density at radius 3 is 2.62 bits per heavy atom. The fraction of sp³-hybridized carbons (Fsp3) is 0.789. The molecule has 132 valence electrons. The van der Waals surface area contributed by atoms with Gasteiger partial charge in [-0.15, -0.1) is 0 Å². The van der Waals surface area contributed by atoms with E-state index < -0.39 is 0 Å². The third-order valence-electron chi connectivity index (χ3n) is 6.09. The van der Waals surface area contributed by atoms with Crippen molar-refractivity contribution in [3.05, 3.63) is 17.1 Å². The van der Waals surface area contributed by atoms with Crippen molar-refractivity contribution in [2.24, 2.45) is 5.41 Å². The van der Waals surface area contributed by atoms with Crippen molar-refractivity contribution in [3.63, 3.8) is 0 Å². The summed E-state index contributed by atoms with van der Waals surface area (Å²) in [4.78, 5) is 14.8. The fourth-order valence-electron chi connectivity index (χ4n) is 5.08. The second-order valence-electron chi connectivity index (χ2n) is 8.14. The van der Waals surface area contributed by atoms with Gasteiger partial charge in [-0.1, -0.05) is 0 Å². The maximum atomic E-state index is 4.92. The van der Waals surface area contributed by atoms with Crippen LogP contribution in [0.4, 0.5) is 5.82 Å². The number of aryl methyl sites for hydroxylation is 1. The predicted molar refractivity (Wildman–Crippen MR) is 97.7 cm³/mol. The Balaban J connectivity index is 1.64. The molecule has 3 aliphatic heterocycles. The van der Waals surface area contributed by atoms with Crippen LogP contribution in [0.2, 0.25) is 0 Å². The number of fused-ring (bicyclic) bond motifs is 1. The fourth-order valence-corrected chi connectivity index (χ4v) is 5.08. The summed E-state index contributed by atoms with van der Waals surface area (Å²) in [6, 6.07) is 0. The molecule has 5 heteroatoms. The van der Waals surface area contributed by atoms with E-state index in [9.17, 15) is 0 Å². The van der Waals surface area contributed by atoms with E-state index in [-0.39, 0.29) is 0 Å². The highest BCUT2D eigenvalue weighted by Crippen LogP contribution is 2.40. The lowest BCUT2D eigenvalue weighted by Crippen LogP contribution is -2.52. The average Bonchev–Trinajstić information content (AvgIpc) is 2.79. The first kappa shape index (κ1) is 16.3. The molecular formula is C19H31N5. The van der Waals surface area contributed by atoms with Crippen LogP contribution in [0.3, 0.4) is 0 Å². The van der Waals surface area contributed by atoms with Gasteiger partial charge in [0.1, 0.15) is 11.6 Å². The van der Waals surface area contributed by atoms with Crippen molar-refractivity contribution in [2.75, 3.05) is 51.2 Å². The van der Waals surface area contributed by atoms with E-state index in [4.69, 9.17) is 9.97 Å². The van der Waals surface area contributed by atoms with Gasteiger partial charge >= 0.3 is 0 Å². The summed E-state index contributed by atoms with van der Waals surface area (Å²) in [6.45, 7) is 8.98. The topological polar surface area (TPSA) is 44.3 Å². The molecule has 5 nitrogen and oxygen atoms in total. The van der Waals surface area contributed by atoms with Crippen LogP contribution in [-0.2, 0) is 12.8 Å². The van der Waals surface area contributed by atoms with E-state index in [0.717, 1.165) is 38.3 Å². The molecule has 1 aromatic rings. The quantitative estimate of drug-likeness (QED) is 0.851. The molecule has 0 amide bonds. The Labute approximate surface area is 145 Å². The van der Waals surface area contributed by atoms with Crippen molar-refractivity contribution in [1.29, 1.82) is 0 Å². The maximum absolute atomic E-state index is 4.92. The van der Waals surface area contributed by atoms with Crippen LogP contribution in [0.5, 0.6) is 0 Å². The lowest BCUT2D eigenvalue weighted by atomic mass is 9.74. The molecule has 0 saturated carbocycles. The standard InChI is InChI=1S/C19H31N5/c1-15-21-17-6-10-20-9-5-16(17)18(22-15)24-12-4-8-19(14-24)7-3-11-23(2)13-19/h20H,3-14H2,1-2H3. The molecule has 4 rings (SSSR count). The minimum Gasteiger partial charge on any atom is -0.356 e. The zero-order valence-electron chi connectivity index (χ0n) is 15.3. The van der Waals surface area contributed by atoms with Gasteiger partial charge in [0.05, 0.1) is 5.69 Å². The largest absolute Gasteiger partial charge is 0.356 e. The van der Waals surface area contributed by atoms with Crippen molar-refractivity contribution in [2.45, 2.75) is 45.4 Å². The molecule has 1 N–H and O–H groups in total. The van der Waals surface area contributed by atoms with Crippen LogP contribution >= 0.6 is 0 Å². The smallest absolute Gasteiger partial charge is 0.135 e. The summed E-state index contributed by atoms with van der Waals surface area (Å²) < 4.78 is 0. The van der Waals surface area contributed by atoms with Crippen molar-refractivity contribution < 1.29 is 0 Å². The first-order chi connectivity index (χ1) is 11.7. The summed E-state index contributed by atoms with van der Waals surface area (Å²) in [6.07, 6.45) is 7.49. The molecule has 2 fully saturated rings. The van der Waals surface area contributed by atoms with Crippen LogP contribution in [-0.4, -0.2) is 61.2 Å². The number of piperidine rings is 2. The number of aromatic nitrogens is 2. The van der Waals surface area contributed by atoms with Gasteiger partial charge in [-0.25, -0.2) is 9.97 Å². The number of likely N-dealkylation sites (tertiary alicyclic amines) is 1. The van der Waals surface area contributed by atoms with Crippen molar-refractivity contribution in [1.82, 2.24) is 20.2 Å². The number of hydrogen-bond acceptors (Lipinski definition) is 5. The molecule has 1 spiro atoms. The van der Waals surface area contributed by atoms with E-state index in [0.29, 0.717) is 5.41 Å². The number of hydrogen-bond donors (Lipinski definition) is 1. The predicted octanol–water partition coefficient (Wildman–Crippen LogP) is 1.79. The molecule has 2 saturated heterocycles. The van der Waals surface area contributed by atoms with Crippen LogP contribution in [0.15, 0.2) is 0 Å². The van der Waals surface area contributed by atoms with Crippen LogP contribution in [0.25, 0.3) is 0 Å². The van der Waals surface area contributed by atoms with E-state index in [1.54, 1.807) is 0 Å². The Morgan fingerprint density at radius 2 is 1.79 bits per heavy atom. The van der Waals surface area contributed by atoms with Gasteiger partial charge in [0.2, 0.25) is 0 Å². The van der Waals surface area contributed by atoms with Gasteiger partial charge in [0, 0.05) is 43.6 Å². The van der Waals surface area contributed by atoms with Crippen LogP contribution in [0.1, 0.15) is 42.8 Å². The van der Waals surface area contributed by atoms with E-state index >= 15 is 0 Å². The zero-order chi connectivity index (χ0) is 16.6. The molecule has 0 aromatic carbocycles. The summed E-state index contributed by atoms with van der Waals surface area (Å²) >= 11 is 0. The molecule has 24 heavy (non-hydrogen) atoms. The van der Waals surface area contributed by atoms with E-state index in [2.05, 4.69) is 29.1 Å². The Morgan fingerprint density at radius 1 is 1.00 bits per heavy atom. The highest BCUT2D eigenvalue weighted by atomic mass is 15.2. The Bertz CT molecular complexity index is 598. The minimum absolute atomic E-state index is 0.472. The molecule has 0 radical (unpaired) electrons. The monoisotopic (exact) mass is 329 g/mol. The van der Waals surface area contributed by atoms with Crippen LogP contribution in [0, 0.1) is 12.3 Å². The lowest BCUT2D eigenvalue weighted by Gasteiger charge is -2.48. The summed E-state index contributed by atoms with van der Waals surface area (Å²) in [5.74, 6) is 2.18. The summed E-state index contributed by atoms with van der Waals surface area (Å²) in [5.41, 5.74) is 3.16. The summed E-state index contributed by atoms with van der Waals surface area (Å²) in [7, 11) is 2.28. The first-order valence-electron chi connectivity index (χ1n) is 9.66. The van der Waals surface area contributed by atoms with Gasteiger partial charge in [0.15, 0.2) is 0 Å². The van der Waals surface area contributed by atoms with Gasteiger partial charge in [0.25, 0.3) is 0 Å². The SMILES string of the molecule is Cc1nc2c(c(N3CCCC4(CCCN(C)C4)C3)n1)CCNCC2. The molecule has 0 bridgehead atoms.